The Morgan fingerprint density at radius 1 is 0.966 bits per heavy atom. The minimum absolute atomic E-state index is 0.139. The van der Waals surface area contributed by atoms with Gasteiger partial charge < -0.3 is 15.6 Å². The standard InChI is InChI=1S/C22H16F3NO3/c23-16-10-18(25)17(24)9-15(16)21-19(26)8-14-7-12(4-5-20(14)29-21)11-2-1-3-13(6-11)22(27)28/h1-7,9-10,19,21H,8,26H2,(H,27,28). The Labute approximate surface area is 164 Å². The highest BCUT2D eigenvalue weighted by Crippen LogP contribution is 2.38. The lowest BCUT2D eigenvalue weighted by atomic mass is 9.91. The zero-order chi connectivity index (χ0) is 20.7. The molecule has 29 heavy (non-hydrogen) atoms. The Balaban J connectivity index is 1.67. The average molecular weight is 399 g/mol. The van der Waals surface area contributed by atoms with Crippen molar-refractivity contribution in [2.75, 3.05) is 0 Å². The van der Waals surface area contributed by atoms with Crippen LogP contribution in [0.15, 0.2) is 54.6 Å². The van der Waals surface area contributed by atoms with Gasteiger partial charge in [-0.2, -0.15) is 0 Å². The van der Waals surface area contributed by atoms with E-state index in [0.29, 0.717) is 18.2 Å². The van der Waals surface area contributed by atoms with Crippen LogP contribution in [0.25, 0.3) is 11.1 Å². The molecular formula is C22H16F3NO3. The average Bonchev–Trinajstić information content (AvgIpc) is 2.70. The molecule has 4 nitrogen and oxygen atoms in total. The van der Waals surface area contributed by atoms with Crippen LogP contribution in [0.3, 0.4) is 0 Å². The molecule has 0 spiro atoms. The van der Waals surface area contributed by atoms with Crippen LogP contribution in [0.2, 0.25) is 0 Å². The molecule has 2 unspecified atom stereocenters. The number of benzene rings is 3. The lowest BCUT2D eigenvalue weighted by Crippen LogP contribution is -2.38. The number of carbonyl (C=O) groups is 1. The Kier molecular flexibility index (Phi) is 4.76. The minimum Gasteiger partial charge on any atom is -0.484 e. The molecule has 0 aliphatic carbocycles. The van der Waals surface area contributed by atoms with Crippen LogP contribution in [0, 0.1) is 17.5 Å². The molecular weight excluding hydrogens is 383 g/mol. The predicted octanol–water partition coefficient (Wildman–Crippen LogP) is 4.47. The van der Waals surface area contributed by atoms with Gasteiger partial charge in [-0.25, -0.2) is 18.0 Å². The maximum atomic E-state index is 14.2. The van der Waals surface area contributed by atoms with Gasteiger partial charge in [-0.05, 0) is 53.4 Å². The van der Waals surface area contributed by atoms with Crippen molar-refractivity contribution in [3.05, 3.63) is 88.7 Å². The summed E-state index contributed by atoms with van der Waals surface area (Å²) in [6, 6.07) is 12.3. The smallest absolute Gasteiger partial charge is 0.335 e. The summed E-state index contributed by atoms with van der Waals surface area (Å²) in [4.78, 5) is 11.2. The summed E-state index contributed by atoms with van der Waals surface area (Å²) in [5.74, 6) is -3.93. The van der Waals surface area contributed by atoms with E-state index >= 15 is 0 Å². The fourth-order valence-corrected chi connectivity index (χ4v) is 3.50. The zero-order valence-corrected chi connectivity index (χ0v) is 15.0. The molecule has 3 aromatic carbocycles. The van der Waals surface area contributed by atoms with Crippen molar-refractivity contribution in [2.45, 2.75) is 18.6 Å². The van der Waals surface area contributed by atoms with Crippen molar-refractivity contribution in [1.29, 1.82) is 0 Å². The van der Waals surface area contributed by atoms with E-state index in [2.05, 4.69) is 0 Å². The largest absolute Gasteiger partial charge is 0.484 e. The van der Waals surface area contributed by atoms with E-state index < -0.39 is 35.6 Å². The highest BCUT2D eigenvalue weighted by atomic mass is 19.2. The zero-order valence-electron chi connectivity index (χ0n) is 15.0. The number of nitrogens with two attached hydrogens (primary N) is 1. The fraction of sp³-hybridized carbons (Fsp3) is 0.136. The first-order chi connectivity index (χ1) is 13.8. The van der Waals surface area contributed by atoms with Crippen molar-refractivity contribution in [3.63, 3.8) is 0 Å². The number of halogens is 3. The van der Waals surface area contributed by atoms with E-state index in [1.54, 1.807) is 30.3 Å². The highest BCUT2D eigenvalue weighted by molar-refractivity contribution is 5.89. The summed E-state index contributed by atoms with van der Waals surface area (Å²) < 4.78 is 46.8. The second kappa shape index (κ2) is 7.25. The topological polar surface area (TPSA) is 72.6 Å². The van der Waals surface area contributed by atoms with Gasteiger partial charge in [-0.3, -0.25) is 0 Å². The van der Waals surface area contributed by atoms with Gasteiger partial charge in [0.25, 0.3) is 0 Å². The van der Waals surface area contributed by atoms with E-state index in [1.807, 2.05) is 6.07 Å². The first kappa shape index (κ1) is 19.0. The Morgan fingerprint density at radius 3 is 2.45 bits per heavy atom. The quantitative estimate of drug-likeness (QED) is 0.638. The number of rotatable bonds is 3. The Hall–Kier alpha value is -3.32. The van der Waals surface area contributed by atoms with Crippen LogP contribution in [-0.4, -0.2) is 17.1 Å². The summed E-state index contributed by atoms with van der Waals surface area (Å²) in [5, 5.41) is 9.16. The fourth-order valence-electron chi connectivity index (χ4n) is 3.50. The van der Waals surface area contributed by atoms with Gasteiger partial charge in [0.2, 0.25) is 0 Å². The summed E-state index contributed by atoms with van der Waals surface area (Å²) in [7, 11) is 0. The number of hydrogen-bond donors (Lipinski definition) is 2. The van der Waals surface area contributed by atoms with Crippen LogP contribution in [0.5, 0.6) is 5.75 Å². The summed E-state index contributed by atoms with van der Waals surface area (Å²) >= 11 is 0. The molecule has 0 bridgehead atoms. The molecule has 0 radical (unpaired) electrons. The predicted molar refractivity (Wildman–Crippen MR) is 100 cm³/mol. The van der Waals surface area contributed by atoms with Gasteiger partial charge in [0, 0.05) is 11.6 Å². The van der Waals surface area contributed by atoms with Crippen LogP contribution >= 0.6 is 0 Å². The van der Waals surface area contributed by atoms with Crippen molar-refractivity contribution < 1.29 is 27.8 Å². The lowest BCUT2D eigenvalue weighted by Gasteiger charge is -2.32. The van der Waals surface area contributed by atoms with Gasteiger partial charge in [-0.1, -0.05) is 18.2 Å². The third-order valence-electron chi connectivity index (χ3n) is 4.95. The number of hydrogen-bond acceptors (Lipinski definition) is 3. The van der Waals surface area contributed by atoms with E-state index in [9.17, 15) is 18.0 Å². The molecule has 148 valence electrons. The van der Waals surface area contributed by atoms with Crippen molar-refractivity contribution in [1.82, 2.24) is 0 Å². The SMILES string of the molecule is NC1Cc2cc(-c3cccc(C(=O)O)c3)ccc2OC1c1cc(F)c(F)cc1F. The second-order valence-corrected chi connectivity index (χ2v) is 6.90. The molecule has 7 heteroatoms. The van der Waals surface area contributed by atoms with E-state index in [1.165, 1.54) is 6.07 Å². The molecule has 0 amide bonds. The molecule has 3 N–H and O–H groups in total. The first-order valence-electron chi connectivity index (χ1n) is 8.87. The molecule has 2 atom stereocenters. The molecule has 4 rings (SSSR count). The van der Waals surface area contributed by atoms with Gasteiger partial charge in [-0.15, -0.1) is 0 Å². The molecule has 1 aliphatic heterocycles. The number of ether oxygens (including phenoxy) is 1. The van der Waals surface area contributed by atoms with Gasteiger partial charge >= 0.3 is 5.97 Å². The van der Waals surface area contributed by atoms with Crippen molar-refractivity contribution in [3.8, 4) is 16.9 Å². The van der Waals surface area contributed by atoms with E-state index in [-0.39, 0.29) is 11.1 Å². The third-order valence-corrected chi connectivity index (χ3v) is 4.95. The monoisotopic (exact) mass is 399 g/mol. The van der Waals surface area contributed by atoms with Gasteiger partial charge in [0.05, 0.1) is 11.6 Å². The molecule has 3 aromatic rings. The van der Waals surface area contributed by atoms with Gasteiger partial charge in [0.15, 0.2) is 11.6 Å². The maximum absolute atomic E-state index is 14.2. The normalized spacial score (nSPS) is 18.1. The Morgan fingerprint density at radius 2 is 1.69 bits per heavy atom. The Bertz CT molecular complexity index is 1120. The highest BCUT2D eigenvalue weighted by Gasteiger charge is 2.32. The van der Waals surface area contributed by atoms with Crippen LogP contribution in [0.4, 0.5) is 13.2 Å². The summed E-state index contributed by atoms with van der Waals surface area (Å²) in [6.45, 7) is 0. The lowest BCUT2D eigenvalue weighted by molar-refractivity contribution is 0.0697. The van der Waals surface area contributed by atoms with Crippen molar-refractivity contribution >= 4 is 5.97 Å². The number of aromatic carboxylic acids is 1. The first-order valence-corrected chi connectivity index (χ1v) is 8.87. The number of carboxylic acid groups (broad SMARTS) is 1. The minimum atomic E-state index is -1.27. The van der Waals surface area contributed by atoms with Crippen LogP contribution in [0.1, 0.15) is 27.6 Å². The molecule has 1 aliphatic rings. The maximum Gasteiger partial charge on any atom is 0.335 e. The molecule has 0 saturated carbocycles. The molecule has 0 saturated heterocycles. The van der Waals surface area contributed by atoms with Gasteiger partial charge in [0.1, 0.15) is 17.7 Å². The molecule has 0 aromatic heterocycles. The molecule has 1 heterocycles. The summed E-state index contributed by atoms with van der Waals surface area (Å²) in [6.07, 6.45) is -0.635. The number of carboxylic acids is 1. The van der Waals surface area contributed by atoms with E-state index in [0.717, 1.165) is 22.8 Å². The van der Waals surface area contributed by atoms with Crippen molar-refractivity contribution in [2.24, 2.45) is 5.73 Å². The third kappa shape index (κ3) is 3.56. The summed E-state index contributed by atoms with van der Waals surface area (Å²) in [5.41, 5.74) is 8.43. The number of fused-ring (bicyclic) bond motifs is 1. The molecule has 0 fully saturated rings. The van der Waals surface area contributed by atoms with E-state index in [4.69, 9.17) is 15.6 Å². The van der Waals surface area contributed by atoms with Crippen LogP contribution in [-0.2, 0) is 6.42 Å². The van der Waals surface area contributed by atoms with Crippen LogP contribution < -0.4 is 10.5 Å². The second-order valence-electron chi connectivity index (χ2n) is 6.90.